The van der Waals surface area contributed by atoms with E-state index in [-0.39, 0.29) is 30.3 Å². The quantitative estimate of drug-likeness (QED) is 0.823. The van der Waals surface area contributed by atoms with Gasteiger partial charge in [-0.25, -0.2) is 0 Å². The van der Waals surface area contributed by atoms with E-state index in [0.717, 1.165) is 62.6 Å². The first-order valence-corrected chi connectivity index (χ1v) is 9.94. The van der Waals surface area contributed by atoms with Crippen LogP contribution in [0.15, 0.2) is 24.3 Å². The number of nitrogens with zero attached hydrogens (tertiary/aromatic N) is 2. The van der Waals surface area contributed by atoms with Crippen LogP contribution >= 0.6 is 24.0 Å². The van der Waals surface area contributed by atoms with Crippen molar-refractivity contribution in [1.82, 2.24) is 15.1 Å². The van der Waals surface area contributed by atoms with Crippen LogP contribution in [-0.4, -0.2) is 54.3 Å². The lowest BCUT2D eigenvalue weighted by atomic mass is 9.91. The standard InChI is InChI=1S/C20H28ClN3O2.ClH/c1-15(25)23-11-8-16(9-12-23)6-7-20(26)24-13-10-22-14-19(24)17-4-2-3-5-18(17)21;/h2-5,16,19,22H,6-14H2,1H3;1H. The van der Waals surface area contributed by atoms with Crippen LogP contribution in [0.2, 0.25) is 5.02 Å². The number of hydrogen-bond acceptors (Lipinski definition) is 3. The first-order chi connectivity index (χ1) is 12.6. The minimum atomic E-state index is 0. The van der Waals surface area contributed by atoms with E-state index in [2.05, 4.69) is 5.32 Å². The fraction of sp³-hybridized carbons (Fsp3) is 0.600. The molecule has 2 aliphatic rings. The number of piperazine rings is 1. The number of likely N-dealkylation sites (tertiary alicyclic amines) is 1. The molecule has 2 heterocycles. The number of rotatable bonds is 4. The normalized spacial score (nSPS) is 20.9. The van der Waals surface area contributed by atoms with Gasteiger partial charge in [0.15, 0.2) is 0 Å². The molecule has 2 fully saturated rings. The number of carbonyl (C=O) groups excluding carboxylic acids is 2. The van der Waals surface area contributed by atoms with Crippen LogP contribution in [0.5, 0.6) is 0 Å². The summed E-state index contributed by atoms with van der Waals surface area (Å²) in [4.78, 5) is 28.2. The average Bonchev–Trinajstić information content (AvgIpc) is 2.67. The maximum Gasteiger partial charge on any atom is 0.223 e. The zero-order chi connectivity index (χ0) is 18.5. The zero-order valence-electron chi connectivity index (χ0n) is 15.8. The second-order valence-corrected chi connectivity index (χ2v) is 7.72. The summed E-state index contributed by atoms with van der Waals surface area (Å²) in [6.07, 6.45) is 3.49. The Morgan fingerprint density at radius 2 is 1.89 bits per heavy atom. The Balaban J connectivity index is 0.00000261. The molecule has 0 aromatic heterocycles. The average molecular weight is 414 g/mol. The fourth-order valence-corrected chi connectivity index (χ4v) is 4.30. The van der Waals surface area contributed by atoms with E-state index in [1.807, 2.05) is 34.1 Å². The molecule has 2 saturated heterocycles. The van der Waals surface area contributed by atoms with Crippen molar-refractivity contribution < 1.29 is 9.59 Å². The second kappa shape index (κ2) is 10.3. The van der Waals surface area contributed by atoms with Crippen LogP contribution in [0.25, 0.3) is 0 Å². The highest BCUT2D eigenvalue weighted by Crippen LogP contribution is 2.30. The van der Waals surface area contributed by atoms with Gasteiger partial charge in [-0.15, -0.1) is 12.4 Å². The van der Waals surface area contributed by atoms with Gasteiger partial charge in [-0.05, 0) is 36.8 Å². The van der Waals surface area contributed by atoms with Crippen molar-refractivity contribution in [3.63, 3.8) is 0 Å². The van der Waals surface area contributed by atoms with Gasteiger partial charge in [0.1, 0.15) is 0 Å². The molecule has 1 unspecified atom stereocenters. The summed E-state index contributed by atoms with van der Waals surface area (Å²) in [5.41, 5.74) is 1.02. The lowest BCUT2D eigenvalue weighted by molar-refractivity contribution is -0.135. The molecule has 7 heteroatoms. The molecule has 0 aliphatic carbocycles. The van der Waals surface area contributed by atoms with Crippen molar-refractivity contribution in [3.8, 4) is 0 Å². The second-order valence-electron chi connectivity index (χ2n) is 7.32. The number of nitrogens with one attached hydrogen (secondary N) is 1. The number of amides is 2. The summed E-state index contributed by atoms with van der Waals surface area (Å²) in [7, 11) is 0. The van der Waals surface area contributed by atoms with E-state index in [9.17, 15) is 9.59 Å². The molecule has 27 heavy (non-hydrogen) atoms. The van der Waals surface area contributed by atoms with Crippen LogP contribution in [0.4, 0.5) is 0 Å². The van der Waals surface area contributed by atoms with Gasteiger partial charge in [-0.3, -0.25) is 9.59 Å². The Morgan fingerprint density at radius 3 is 2.56 bits per heavy atom. The summed E-state index contributed by atoms with van der Waals surface area (Å²) in [6.45, 7) is 5.56. The smallest absolute Gasteiger partial charge is 0.223 e. The van der Waals surface area contributed by atoms with Crippen LogP contribution in [0, 0.1) is 5.92 Å². The Hall–Kier alpha value is -1.30. The highest BCUT2D eigenvalue weighted by atomic mass is 35.5. The molecule has 0 radical (unpaired) electrons. The molecule has 2 aliphatic heterocycles. The van der Waals surface area contributed by atoms with Gasteiger partial charge in [-0.2, -0.15) is 0 Å². The van der Waals surface area contributed by atoms with E-state index in [4.69, 9.17) is 11.6 Å². The molecule has 1 aromatic rings. The Morgan fingerprint density at radius 1 is 1.19 bits per heavy atom. The molecule has 3 rings (SSSR count). The Bertz CT molecular complexity index is 648. The lowest BCUT2D eigenvalue weighted by Crippen LogP contribution is -2.48. The van der Waals surface area contributed by atoms with Gasteiger partial charge >= 0.3 is 0 Å². The molecule has 1 aromatic carbocycles. The third kappa shape index (κ3) is 5.59. The zero-order valence-corrected chi connectivity index (χ0v) is 17.4. The van der Waals surface area contributed by atoms with Crippen molar-refractivity contribution in [1.29, 1.82) is 0 Å². The fourth-order valence-electron chi connectivity index (χ4n) is 4.03. The number of benzene rings is 1. The van der Waals surface area contributed by atoms with E-state index >= 15 is 0 Å². The van der Waals surface area contributed by atoms with Crippen molar-refractivity contribution >= 4 is 35.8 Å². The molecule has 0 saturated carbocycles. The van der Waals surface area contributed by atoms with E-state index in [1.54, 1.807) is 6.92 Å². The Kier molecular flexibility index (Phi) is 8.39. The Labute approximate surface area is 172 Å². The predicted molar refractivity (Wildman–Crippen MR) is 110 cm³/mol. The molecule has 150 valence electrons. The third-order valence-corrected chi connectivity index (χ3v) is 6.00. The van der Waals surface area contributed by atoms with Crippen molar-refractivity contribution in [3.05, 3.63) is 34.9 Å². The summed E-state index contributed by atoms with van der Waals surface area (Å²) in [6, 6.07) is 7.79. The number of hydrogen-bond donors (Lipinski definition) is 1. The molecule has 5 nitrogen and oxygen atoms in total. The minimum Gasteiger partial charge on any atom is -0.343 e. The number of carbonyl (C=O) groups is 2. The van der Waals surface area contributed by atoms with Crippen molar-refractivity contribution in [2.24, 2.45) is 5.92 Å². The van der Waals surface area contributed by atoms with Crippen molar-refractivity contribution in [2.45, 2.75) is 38.6 Å². The number of piperidine rings is 1. The van der Waals surface area contributed by atoms with Gasteiger partial charge < -0.3 is 15.1 Å². The molecular weight excluding hydrogens is 385 g/mol. The van der Waals surface area contributed by atoms with E-state index in [0.29, 0.717) is 12.3 Å². The van der Waals surface area contributed by atoms with E-state index in [1.165, 1.54) is 0 Å². The molecule has 1 N–H and O–H groups in total. The van der Waals surface area contributed by atoms with Crippen LogP contribution < -0.4 is 5.32 Å². The maximum atomic E-state index is 12.9. The highest BCUT2D eigenvalue weighted by Gasteiger charge is 2.29. The van der Waals surface area contributed by atoms with Gasteiger partial charge in [0.05, 0.1) is 6.04 Å². The summed E-state index contributed by atoms with van der Waals surface area (Å²) < 4.78 is 0. The van der Waals surface area contributed by atoms with Crippen LogP contribution in [0.1, 0.15) is 44.2 Å². The SMILES string of the molecule is CC(=O)N1CCC(CCC(=O)N2CCNCC2c2ccccc2Cl)CC1.Cl. The van der Waals surface area contributed by atoms with E-state index < -0.39 is 0 Å². The molecule has 1 atom stereocenters. The van der Waals surface area contributed by atoms with Gasteiger partial charge in [0.2, 0.25) is 11.8 Å². The van der Waals surface area contributed by atoms with Crippen molar-refractivity contribution in [2.75, 3.05) is 32.7 Å². The summed E-state index contributed by atoms with van der Waals surface area (Å²) >= 11 is 6.37. The topological polar surface area (TPSA) is 52.7 Å². The molecule has 2 amide bonds. The van der Waals surface area contributed by atoms with Gasteiger partial charge in [-0.1, -0.05) is 29.8 Å². The molecular formula is C20H29Cl2N3O2. The maximum absolute atomic E-state index is 12.9. The van der Waals surface area contributed by atoms with Gasteiger partial charge in [0, 0.05) is 51.1 Å². The summed E-state index contributed by atoms with van der Waals surface area (Å²) in [5, 5.41) is 4.09. The minimum absolute atomic E-state index is 0. The largest absolute Gasteiger partial charge is 0.343 e. The predicted octanol–water partition coefficient (Wildman–Crippen LogP) is 3.27. The van der Waals surface area contributed by atoms with Crippen LogP contribution in [0.3, 0.4) is 0 Å². The van der Waals surface area contributed by atoms with Gasteiger partial charge in [0.25, 0.3) is 0 Å². The first-order valence-electron chi connectivity index (χ1n) is 9.56. The monoisotopic (exact) mass is 413 g/mol. The lowest BCUT2D eigenvalue weighted by Gasteiger charge is -2.37. The first kappa shape index (κ1) is 22.0. The summed E-state index contributed by atoms with van der Waals surface area (Å²) in [5.74, 6) is 0.907. The molecule has 0 bridgehead atoms. The highest BCUT2D eigenvalue weighted by molar-refractivity contribution is 6.31. The number of halogens is 2. The molecule has 0 spiro atoms. The third-order valence-electron chi connectivity index (χ3n) is 5.65. The van der Waals surface area contributed by atoms with Crippen LogP contribution in [-0.2, 0) is 9.59 Å².